The van der Waals surface area contributed by atoms with Gasteiger partial charge < -0.3 is 5.32 Å². The minimum absolute atomic E-state index is 0.0207. The van der Waals surface area contributed by atoms with Gasteiger partial charge in [-0.25, -0.2) is 8.42 Å². The number of halogens is 1. The van der Waals surface area contributed by atoms with Crippen LogP contribution < -0.4 is 10.2 Å². The van der Waals surface area contributed by atoms with E-state index in [0.29, 0.717) is 29.4 Å². The van der Waals surface area contributed by atoms with Crippen LogP contribution in [0.5, 0.6) is 0 Å². The zero-order chi connectivity index (χ0) is 23.3. The molecule has 1 amide bonds. The Balaban J connectivity index is 1.57. The summed E-state index contributed by atoms with van der Waals surface area (Å²) in [7, 11) is -3.29. The average Bonchev–Trinajstić information content (AvgIpc) is 2.93. The molecule has 0 aliphatic carbocycles. The Hall–Kier alpha value is -2.16. The highest BCUT2D eigenvalue weighted by molar-refractivity contribution is 7.89. The fourth-order valence-corrected chi connectivity index (χ4v) is 6.14. The van der Waals surface area contributed by atoms with Gasteiger partial charge in [-0.05, 0) is 70.4 Å². The number of pyridine rings is 1. The quantitative estimate of drug-likeness (QED) is 0.697. The molecular weight excluding hydrogens is 448 g/mol. The van der Waals surface area contributed by atoms with Gasteiger partial charge in [-0.3, -0.25) is 14.7 Å². The number of amides is 1. The first-order valence-electron chi connectivity index (χ1n) is 10.9. The highest BCUT2D eigenvalue weighted by atomic mass is 35.5. The molecule has 3 heterocycles. The van der Waals surface area contributed by atoms with E-state index in [1.54, 1.807) is 47.6 Å². The molecule has 32 heavy (non-hydrogen) atoms. The van der Waals surface area contributed by atoms with Crippen LogP contribution in [0.1, 0.15) is 56.5 Å². The first kappa shape index (κ1) is 23.0. The van der Waals surface area contributed by atoms with Gasteiger partial charge in [-0.2, -0.15) is 4.31 Å². The smallest absolute Gasteiger partial charge is 0.259 e. The number of anilines is 2. The summed E-state index contributed by atoms with van der Waals surface area (Å²) >= 11 is 6.19. The van der Waals surface area contributed by atoms with E-state index in [0.717, 1.165) is 24.1 Å². The monoisotopic (exact) mass is 476 g/mol. The molecule has 1 N–H and O–H groups in total. The number of hydrogen-bond acceptors (Lipinski definition) is 5. The van der Waals surface area contributed by atoms with E-state index in [-0.39, 0.29) is 11.9 Å². The predicted molar refractivity (Wildman–Crippen MR) is 128 cm³/mol. The summed E-state index contributed by atoms with van der Waals surface area (Å²) in [6.45, 7) is 8.36. The Kier molecular flexibility index (Phi) is 5.98. The second-order valence-electron chi connectivity index (χ2n) is 9.26. The normalized spacial score (nSPS) is 21.1. The number of hydrogen-bond donors (Lipinski definition) is 1. The molecule has 1 unspecified atom stereocenters. The number of aromatic nitrogens is 1. The average molecular weight is 477 g/mol. The minimum Gasteiger partial charge on any atom is -0.380 e. The lowest BCUT2D eigenvalue weighted by Gasteiger charge is -2.34. The third-order valence-corrected chi connectivity index (χ3v) is 8.80. The minimum atomic E-state index is -3.29. The molecule has 0 spiro atoms. The number of rotatable bonds is 5. The van der Waals surface area contributed by atoms with Crippen molar-refractivity contribution >= 4 is 38.9 Å². The molecule has 0 bridgehead atoms. The van der Waals surface area contributed by atoms with Crippen molar-refractivity contribution in [2.24, 2.45) is 0 Å². The fourth-order valence-electron chi connectivity index (χ4n) is 4.60. The molecule has 1 aromatic heterocycles. The number of nitrogens with zero attached hydrogens (tertiary/aromatic N) is 3. The molecule has 2 aliphatic rings. The van der Waals surface area contributed by atoms with Crippen LogP contribution in [0.3, 0.4) is 0 Å². The number of carbonyl (C=O) groups excluding carboxylic acids is 1. The number of piperidine rings is 1. The maximum Gasteiger partial charge on any atom is 0.259 e. The van der Waals surface area contributed by atoms with Crippen molar-refractivity contribution in [1.29, 1.82) is 0 Å². The third-order valence-electron chi connectivity index (χ3n) is 6.33. The molecule has 0 saturated carbocycles. The van der Waals surface area contributed by atoms with E-state index in [4.69, 9.17) is 11.6 Å². The zero-order valence-electron chi connectivity index (χ0n) is 18.8. The lowest BCUT2D eigenvalue weighted by atomic mass is 9.93. The largest absolute Gasteiger partial charge is 0.380 e. The van der Waals surface area contributed by atoms with Crippen LogP contribution in [-0.2, 0) is 15.6 Å². The van der Waals surface area contributed by atoms with Gasteiger partial charge in [0.15, 0.2) is 0 Å². The van der Waals surface area contributed by atoms with Gasteiger partial charge in [0, 0.05) is 29.7 Å². The molecule has 4 rings (SSSR count). The Bertz CT molecular complexity index is 1150. The molecule has 2 aliphatic heterocycles. The van der Waals surface area contributed by atoms with Crippen LogP contribution in [-0.4, -0.2) is 48.0 Å². The van der Waals surface area contributed by atoms with Gasteiger partial charge >= 0.3 is 0 Å². The van der Waals surface area contributed by atoms with Crippen LogP contribution in [0.4, 0.5) is 11.4 Å². The third kappa shape index (κ3) is 4.00. The number of benzene rings is 1. The summed E-state index contributed by atoms with van der Waals surface area (Å²) in [4.78, 5) is 19.3. The van der Waals surface area contributed by atoms with Crippen LogP contribution in [0, 0.1) is 0 Å². The Morgan fingerprint density at radius 3 is 2.69 bits per heavy atom. The second-order valence-corrected chi connectivity index (χ2v) is 12.2. The number of carbonyl (C=O) groups is 1. The maximum absolute atomic E-state index is 13.2. The lowest BCUT2D eigenvalue weighted by molar-refractivity contribution is 0.0982. The second kappa shape index (κ2) is 8.32. The van der Waals surface area contributed by atoms with Gasteiger partial charge in [0.05, 0.1) is 34.6 Å². The van der Waals surface area contributed by atoms with Crippen molar-refractivity contribution in [2.45, 2.75) is 57.4 Å². The van der Waals surface area contributed by atoms with Crippen molar-refractivity contribution in [3.05, 3.63) is 52.8 Å². The highest BCUT2D eigenvalue weighted by Gasteiger charge is 2.44. The van der Waals surface area contributed by atoms with E-state index >= 15 is 0 Å². The fraction of sp³-hybridized carbons (Fsp3) is 0.478. The Morgan fingerprint density at radius 1 is 1.22 bits per heavy atom. The van der Waals surface area contributed by atoms with Gasteiger partial charge in [0.1, 0.15) is 0 Å². The maximum atomic E-state index is 13.2. The van der Waals surface area contributed by atoms with Crippen molar-refractivity contribution in [1.82, 2.24) is 9.29 Å². The van der Waals surface area contributed by atoms with Gasteiger partial charge in [0.2, 0.25) is 10.0 Å². The molecule has 7 nitrogen and oxygen atoms in total. The molecule has 9 heteroatoms. The van der Waals surface area contributed by atoms with Crippen molar-refractivity contribution in [3.8, 4) is 0 Å². The molecule has 1 saturated heterocycles. The van der Waals surface area contributed by atoms with E-state index in [1.807, 2.05) is 26.0 Å². The summed E-state index contributed by atoms with van der Waals surface area (Å²) in [6.07, 6.45) is 5.04. The summed E-state index contributed by atoms with van der Waals surface area (Å²) in [6, 6.07) is 7.22. The molecule has 1 fully saturated rings. The van der Waals surface area contributed by atoms with Crippen LogP contribution >= 0.6 is 11.6 Å². The van der Waals surface area contributed by atoms with Crippen LogP contribution in [0.25, 0.3) is 0 Å². The van der Waals surface area contributed by atoms with E-state index < -0.39 is 20.8 Å². The Labute approximate surface area is 194 Å². The summed E-state index contributed by atoms with van der Waals surface area (Å²) in [5.41, 5.74) is 2.38. The summed E-state index contributed by atoms with van der Waals surface area (Å²) < 4.78 is 26.7. The molecule has 172 valence electrons. The summed E-state index contributed by atoms with van der Waals surface area (Å²) in [5.74, 6) is -0.0903. The first-order chi connectivity index (χ1) is 15.0. The van der Waals surface area contributed by atoms with E-state index in [2.05, 4.69) is 10.3 Å². The SMILES string of the molecule is CC(C)S(=O)(=O)N1CCCC(Nc2cncc(N3C(=O)c4ccc(Cl)cc4C3(C)C)c2)C1. The van der Waals surface area contributed by atoms with Crippen LogP contribution in [0.2, 0.25) is 5.02 Å². The molecular formula is C23H29ClN4O3S. The van der Waals surface area contributed by atoms with Crippen molar-refractivity contribution in [3.63, 3.8) is 0 Å². The van der Waals surface area contributed by atoms with Crippen molar-refractivity contribution in [2.75, 3.05) is 23.3 Å². The molecule has 2 aromatic rings. The van der Waals surface area contributed by atoms with E-state index in [9.17, 15) is 13.2 Å². The standard InChI is InChI=1S/C23H29ClN4O3S/c1-15(2)32(30,31)27-9-5-6-17(14-27)26-18-11-19(13-25-12-18)28-22(29)20-8-7-16(24)10-21(20)23(28,3)4/h7-8,10-13,15,17,26H,5-6,9,14H2,1-4H3. The molecule has 1 aromatic carbocycles. The Morgan fingerprint density at radius 2 is 1.97 bits per heavy atom. The number of sulfonamides is 1. The summed E-state index contributed by atoms with van der Waals surface area (Å²) in [5, 5.41) is 3.59. The van der Waals surface area contributed by atoms with Gasteiger partial charge in [-0.15, -0.1) is 0 Å². The molecule has 1 atom stereocenters. The topological polar surface area (TPSA) is 82.6 Å². The number of fused-ring (bicyclic) bond motifs is 1. The number of nitrogens with one attached hydrogen (secondary N) is 1. The predicted octanol–water partition coefficient (Wildman–Crippen LogP) is 4.25. The van der Waals surface area contributed by atoms with E-state index in [1.165, 1.54) is 0 Å². The van der Waals surface area contributed by atoms with Crippen molar-refractivity contribution < 1.29 is 13.2 Å². The molecule has 0 radical (unpaired) electrons. The lowest BCUT2D eigenvalue weighted by Crippen LogP contribution is -2.47. The van der Waals surface area contributed by atoms with Crippen LogP contribution in [0.15, 0.2) is 36.7 Å². The van der Waals surface area contributed by atoms with Gasteiger partial charge in [-0.1, -0.05) is 11.6 Å². The first-order valence-corrected chi connectivity index (χ1v) is 12.7. The highest BCUT2D eigenvalue weighted by Crippen LogP contribution is 2.43. The van der Waals surface area contributed by atoms with Gasteiger partial charge in [0.25, 0.3) is 5.91 Å². The zero-order valence-corrected chi connectivity index (χ0v) is 20.4.